The van der Waals surface area contributed by atoms with Crippen molar-refractivity contribution in [3.8, 4) is 0 Å². The molecule has 0 unspecified atom stereocenters. The normalized spacial score (nSPS) is 20.5. The van der Waals surface area contributed by atoms with Crippen LogP contribution in [0.2, 0.25) is 0 Å². The summed E-state index contributed by atoms with van der Waals surface area (Å²) in [5.74, 6) is -0.101. The number of carbonyl (C=O) groups excluding carboxylic acids is 1. The Morgan fingerprint density at radius 2 is 2.12 bits per heavy atom. The van der Waals surface area contributed by atoms with E-state index in [1.165, 1.54) is 5.56 Å². The monoisotopic (exact) mass is 354 g/mol. The lowest BCUT2D eigenvalue weighted by molar-refractivity contribution is 0.0853. The molecule has 1 aromatic carbocycles. The molecule has 4 rings (SSSR count). The Bertz CT molecular complexity index is 738. The van der Waals surface area contributed by atoms with E-state index in [-0.39, 0.29) is 12.0 Å². The number of aryl methyl sites for hydroxylation is 1. The highest BCUT2D eigenvalue weighted by atomic mass is 16.5. The number of ether oxygens (including phenoxy) is 1. The molecule has 1 saturated heterocycles. The van der Waals surface area contributed by atoms with E-state index in [9.17, 15) is 4.79 Å². The van der Waals surface area contributed by atoms with Crippen molar-refractivity contribution < 1.29 is 9.53 Å². The average Bonchev–Trinajstić information content (AvgIpc) is 3.27. The minimum absolute atomic E-state index is 0.101. The SMILES string of the molecule is O=C(NC[C@H]1CCCO1)c1cc2n(n1)CCCN(Cc1ccccc1)C2. The van der Waals surface area contributed by atoms with Crippen LogP contribution in [0.5, 0.6) is 0 Å². The van der Waals surface area contributed by atoms with Crippen molar-refractivity contribution in [1.29, 1.82) is 0 Å². The van der Waals surface area contributed by atoms with E-state index in [0.29, 0.717) is 12.2 Å². The first kappa shape index (κ1) is 17.2. The fourth-order valence-electron chi connectivity index (χ4n) is 3.72. The predicted octanol–water partition coefficient (Wildman–Crippen LogP) is 2.20. The smallest absolute Gasteiger partial charge is 0.271 e. The molecule has 0 saturated carbocycles. The molecule has 3 heterocycles. The molecule has 2 aromatic rings. The Balaban J connectivity index is 1.39. The Hall–Kier alpha value is -2.18. The molecule has 1 N–H and O–H groups in total. The van der Waals surface area contributed by atoms with Crippen LogP contribution >= 0.6 is 0 Å². The Labute approximate surface area is 154 Å². The van der Waals surface area contributed by atoms with Crippen molar-refractivity contribution in [3.63, 3.8) is 0 Å². The van der Waals surface area contributed by atoms with E-state index in [1.54, 1.807) is 0 Å². The van der Waals surface area contributed by atoms with E-state index in [1.807, 2.05) is 16.8 Å². The second kappa shape index (κ2) is 8.01. The van der Waals surface area contributed by atoms with Crippen LogP contribution in [0.4, 0.5) is 0 Å². The van der Waals surface area contributed by atoms with Gasteiger partial charge in [0.25, 0.3) is 5.91 Å². The number of carbonyl (C=O) groups is 1. The fourth-order valence-corrected chi connectivity index (χ4v) is 3.72. The molecule has 0 spiro atoms. The number of nitrogens with one attached hydrogen (secondary N) is 1. The Morgan fingerprint density at radius 1 is 1.23 bits per heavy atom. The fraction of sp³-hybridized carbons (Fsp3) is 0.500. The van der Waals surface area contributed by atoms with Crippen LogP contribution < -0.4 is 5.32 Å². The second-order valence-electron chi connectivity index (χ2n) is 7.14. The molecule has 2 aliphatic heterocycles. The van der Waals surface area contributed by atoms with Gasteiger partial charge in [-0.25, -0.2) is 0 Å². The molecule has 6 heteroatoms. The molecular weight excluding hydrogens is 328 g/mol. The number of hydrogen-bond donors (Lipinski definition) is 1. The molecule has 0 radical (unpaired) electrons. The lowest BCUT2D eigenvalue weighted by Crippen LogP contribution is -2.32. The average molecular weight is 354 g/mol. The van der Waals surface area contributed by atoms with Crippen molar-refractivity contribution in [1.82, 2.24) is 20.0 Å². The Morgan fingerprint density at radius 3 is 2.92 bits per heavy atom. The number of rotatable bonds is 5. The molecule has 1 amide bonds. The maximum absolute atomic E-state index is 12.4. The first-order chi connectivity index (χ1) is 12.8. The number of aromatic nitrogens is 2. The van der Waals surface area contributed by atoms with Crippen LogP contribution in [0.15, 0.2) is 36.4 Å². The molecule has 0 aliphatic carbocycles. The summed E-state index contributed by atoms with van der Waals surface area (Å²) >= 11 is 0. The first-order valence-corrected chi connectivity index (χ1v) is 9.51. The van der Waals surface area contributed by atoms with Gasteiger partial charge in [-0.1, -0.05) is 30.3 Å². The summed E-state index contributed by atoms with van der Waals surface area (Å²) in [4.78, 5) is 14.8. The standard InChI is InChI=1S/C20H26N4O2/c25-20(21-13-18-8-4-11-26-18)19-12-17-15-23(9-5-10-24(17)22-19)14-16-6-2-1-3-7-16/h1-3,6-7,12,18H,4-5,8-11,13-15H2,(H,21,25)/t18-/m1/s1. The molecule has 1 atom stereocenters. The van der Waals surface area contributed by atoms with E-state index in [2.05, 4.69) is 39.6 Å². The van der Waals surface area contributed by atoms with Crippen LogP contribution in [0.3, 0.4) is 0 Å². The zero-order valence-corrected chi connectivity index (χ0v) is 15.1. The van der Waals surface area contributed by atoms with Gasteiger partial charge in [-0.3, -0.25) is 14.4 Å². The van der Waals surface area contributed by atoms with Gasteiger partial charge in [0.2, 0.25) is 0 Å². The van der Waals surface area contributed by atoms with Crippen LogP contribution in [0.1, 0.15) is 41.0 Å². The molecule has 1 fully saturated rings. The summed E-state index contributed by atoms with van der Waals surface area (Å²) in [6, 6.07) is 12.5. The number of fused-ring (bicyclic) bond motifs is 1. The summed E-state index contributed by atoms with van der Waals surface area (Å²) in [7, 11) is 0. The van der Waals surface area contributed by atoms with Crippen molar-refractivity contribution in [2.45, 2.75) is 45.0 Å². The van der Waals surface area contributed by atoms with Gasteiger partial charge in [0.1, 0.15) is 5.69 Å². The number of amides is 1. The topological polar surface area (TPSA) is 59.4 Å². The zero-order valence-electron chi connectivity index (χ0n) is 15.1. The van der Waals surface area contributed by atoms with Crippen molar-refractivity contribution >= 4 is 5.91 Å². The van der Waals surface area contributed by atoms with Crippen LogP contribution in [-0.2, 0) is 24.4 Å². The summed E-state index contributed by atoms with van der Waals surface area (Å²) in [5, 5.41) is 7.50. The van der Waals surface area contributed by atoms with E-state index >= 15 is 0 Å². The number of benzene rings is 1. The van der Waals surface area contributed by atoms with Gasteiger partial charge < -0.3 is 10.1 Å². The predicted molar refractivity (Wildman–Crippen MR) is 98.7 cm³/mol. The molecule has 1 aromatic heterocycles. The summed E-state index contributed by atoms with van der Waals surface area (Å²) in [6.07, 6.45) is 3.30. The van der Waals surface area contributed by atoms with Gasteiger partial charge in [0, 0.05) is 39.3 Å². The molecule has 26 heavy (non-hydrogen) atoms. The van der Waals surface area contributed by atoms with E-state index < -0.39 is 0 Å². The minimum atomic E-state index is -0.101. The molecule has 2 aliphatic rings. The van der Waals surface area contributed by atoms with E-state index in [4.69, 9.17) is 4.74 Å². The quantitative estimate of drug-likeness (QED) is 0.894. The Kier molecular flexibility index (Phi) is 5.32. The highest BCUT2D eigenvalue weighted by Crippen LogP contribution is 2.17. The maximum Gasteiger partial charge on any atom is 0.271 e. The lowest BCUT2D eigenvalue weighted by atomic mass is 10.2. The minimum Gasteiger partial charge on any atom is -0.376 e. The largest absolute Gasteiger partial charge is 0.376 e. The third-order valence-electron chi connectivity index (χ3n) is 5.09. The molecular formula is C20H26N4O2. The maximum atomic E-state index is 12.4. The van der Waals surface area contributed by atoms with Gasteiger partial charge in [-0.15, -0.1) is 0 Å². The van der Waals surface area contributed by atoms with Crippen molar-refractivity contribution in [2.24, 2.45) is 0 Å². The second-order valence-corrected chi connectivity index (χ2v) is 7.14. The van der Waals surface area contributed by atoms with E-state index in [0.717, 1.165) is 57.7 Å². The molecule has 6 nitrogen and oxygen atoms in total. The van der Waals surface area contributed by atoms with Crippen molar-refractivity contribution in [3.05, 3.63) is 53.3 Å². The van der Waals surface area contributed by atoms with Crippen LogP contribution in [0.25, 0.3) is 0 Å². The molecule has 138 valence electrons. The van der Waals surface area contributed by atoms with Gasteiger partial charge in [0.05, 0.1) is 11.8 Å². The summed E-state index contributed by atoms with van der Waals surface area (Å²) in [5.41, 5.74) is 2.94. The van der Waals surface area contributed by atoms with Gasteiger partial charge >= 0.3 is 0 Å². The van der Waals surface area contributed by atoms with Crippen molar-refractivity contribution in [2.75, 3.05) is 19.7 Å². The van der Waals surface area contributed by atoms with Gasteiger partial charge in [0.15, 0.2) is 0 Å². The third-order valence-corrected chi connectivity index (χ3v) is 5.09. The van der Waals surface area contributed by atoms with Gasteiger partial charge in [-0.2, -0.15) is 5.10 Å². The summed E-state index contributed by atoms with van der Waals surface area (Å²) in [6.45, 7) is 5.02. The summed E-state index contributed by atoms with van der Waals surface area (Å²) < 4.78 is 7.55. The van der Waals surface area contributed by atoms with Crippen LogP contribution in [0, 0.1) is 0 Å². The van der Waals surface area contributed by atoms with Gasteiger partial charge in [-0.05, 0) is 30.9 Å². The molecule has 0 bridgehead atoms. The number of hydrogen-bond acceptors (Lipinski definition) is 4. The lowest BCUT2D eigenvalue weighted by Gasteiger charge is -2.19. The number of nitrogens with zero attached hydrogens (tertiary/aromatic N) is 3. The van der Waals surface area contributed by atoms with Crippen LogP contribution in [-0.4, -0.2) is 46.4 Å². The highest BCUT2D eigenvalue weighted by molar-refractivity contribution is 5.92. The first-order valence-electron chi connectivity index (χ1n) is 9.51. The third kappa shape index (κ3) is 4.14. The zero-order chi connectivity index (χ0) is 17.8. The highest BCUT2D eigenvalue weighted by Gasteiger charge is 2.21.